The Morgan fingerprint density at radius 3 is 2.50 bits per heavy atom. The average Bonchev–Trinajstić information content (AvgIpc) is 2.98. The Hall–Kier alpha value is -1.75. The average molecular weight is 360 g/mol. The molecule has 3 rings (SSSR count). The second-order valence-corrected chi connectivity index (χ2v) is 8.44. The molecule has 5 heteroatoms. The fourth-order valence-electron chi connectivity index (χ4n) is 3.82. The van der Waals surface area contributed by atoms with Gasteiger partial charge in [0.25, 0.3) is 0 Å². The van der Waals surface area contributed by atoms with Gasteiger partial charge < -0.3 is 9.47 Å². The van der Waals surface area contributed by atoms with E-state index in [1.54, 1.807) is 0 Å². The van der Waals surface area contributed by atoms with Crippen molar-refractivity contribution in [2.75, 3.05) is 32.8 Å². The third kappa shape index (κ3) is 4.91. The van der Waals surface area contributed by atoms with Crippen LogP contribution in [0.25, 0.3) is 0 Å². The Balaban J connectivity index is 1.45. The summed E-state index contributed by atoms with van der Waals surface area (Å²) in [5.74, 6) is 1.53. The predicted molar refractivity (Wildman–Crippen MR) is 102 cm³/mol. The molecule has 0 saturated carbocycles. The largest absolute Gasteiger partial charge is 0.491 e. The first-order chi connectivity index (χ1) is 12.4. The van der Waals surface area contributed by atoms with Crippen molar-refractivity contribution in [3.63, 3.8) is 0 Å². The van der Waals surface area contributed by atoms with Crippen LogP contribution in [0.4, 0.5) is 4.79 Å². The molecule has 144 valence electrons. The lowest BCUT2D eigenvalue weighted by molar-refractivity contribution is 0.0812. The molecule has 1 aromatic rings. The van der Waals surface area contributed by atoms with Gasteiger partial charge in [-0.3, -0.25) is 9.80 Å². The van der Waals surface area contributed by atoms with E-state index in [-0.39, 0.29) is 17.7 Å². The third-order valence-corrected chi connectivity index (χ3v) is 5.60. The summed E-state index contributed by atoms with van der Waals surface area (Å²) in [5.41, 5.74) is 0.254. The number of carbonyl (C=O) groups excluding carboxylic acids is 1. The van der Waals surface area contributed by atoms with Gasteiger partial charge in [-0.2, -0.15) is 0 Å². The Labute approximate surface area is 157 Å². The number of ether oxygens (including phenoxy) is 2. The summed E-state index contributed by atoms with van der Waals surface area (Å²) in [6, 6.07) is 9.75. The zero-order valence-corrected chi connectivity index (χ0v) is 16.3. The summed E-state index contributed by atoms with van der Waals surface area (Å²) in [5, 5.41) is 0. The van der Waals surface area contributed by atoms with Crippen molar-refractivity contribution >= 4 is 6.09 Å². The number of likely N-dealkylation sites (tertiary alicyclic amines) is 1. The molecule has 0 aromatic heterocycles. The minimum atomic E-state index is -0.196. The van der Waals surface area contributed by atoms with Crippen molar-refractivity contribution in [2.24, 2.45) is 5.92 Å². The highest BCUT2D eigenvalue weighted by Crippen LogP contribution is 2.27. The molecule has 1 amide bonds. The fraction of sp³-hybridized carbons (Fsp3) is 0.667. The van der Waals surface area contributed by atoms with Crippen molar-refractivity contribution in [2.45, 2.75) is 51.6 Å². The van der Waals surface area contributed by atoms with Crippen LogP contribution in [0.2, 0.25) is 0 Å². The van der Waals surface area contributed by atoms with Gasteiger partial charge in [0.2, 0.25) is 0 Å². The number of benzene rings is 1. The number of rotatable bonds is 6. The zero-order valence-electron chi connectivity index (χ0n) is 16.3. The number of cyclic esters (lactones) is 1. The molecule has 2 aliphatic heterocycles. The zero-order chi connectivity index (χ0) is 18.6. The van der Waals surface area contributed by atoms with Crippen molar-refractivity contribution in [3.05, 3.63) is 30.3 Å². The molecule has 5 nitrogen and oxygen atoms in total. The highest BCUT2D eigenvalue weighted by atomic mass is 16.6. The highest BCUT2D eigenvalue weighted by Gasteiger charge is 2.34. The highest BCUT2D eigenvalue weighted by molar-refractivity contribution is 5.70. The van der Waals surface area contributed by atoms with Gasteiger partial charge in [-0.05, 0) is 71.2 Å². The minimum Gasteiger partial charge on any atom is -0.491 e. The Kier molecular flexibility index (Phi) is 6.07. The first-order valence-electron chi connectivity index (χ1n) is 9.80. The molecular formula is C21H32N2O3. The smallest absolute Gasteiger partial charge is 0.410 e. The van der Waals surface area contributed by atoms with Crippen LogP contribution in [0.15, 0.2) is 30.3 Å². The molecule has 1 atom stereocenters. The quantitative estimate of drug-likeness (QED) is 0.774. The molecule has 0 N–H and O–H groups in total. The molecule has 0 bridgehead atoms. The first kappa shape index (κ1) is 19.0. The van der Waals surface area contributed by atoms with Crippen LogP contribution in [0.5, 0.6) is 5.75 Å². The molecule has 0 unspecified atom stereocenters. The molecule has 26 heavy (non-hydrogen) atoms. The van der Waals surface area contributed by atoms with Gasteiger partial charge in [0.1, 0.15) is 25.0 Å². The van der Waals surface area contributed by atoms with Gasteiger partial charge in [-0.25, -0.2) is 4.79 Å². The normalized spacial score (nSPS) is 22.5. The monoisotopic (exact) mass is 360 g/mol. The van der Waals surface area contributed by atoms with Gasteiger partial charge in [-0.15, -0.1) is 0 Å². The van der Waals surface area contributed by atoms with E-state index in [9.17, 15) is 4.79 Å². The summed E-state index contributed by atoms with van der Waals surface area (Å²) in [7, 11) is 0. The lowest BCUT2D eigenvalue weighted by Gasteiger charge is -2.41. The van der Waals surface area contributed by atoms with Crippen LogP contribution in [0, 0.1) is 5.92 Å². The SMILES string of the molecule is CC(C)(C)N1CCC(CCN2C(=O)OC[C@H]2COc2ccccc2)CC1. The summed E-state index contributed by atoms with van der Waals surface area (Å²) < 4.78 is 11.1. The molecule has 0 radical (unpaired) electrons. The molecule has 2 saturated heterocycles. The van der Waals surface area contributed by atoms with Gasteiger partial charge >= 0.3 is 6.09 Å². The second-order valence-electron chi connectivity index (χ2n) is 8.44. The van der Waals surface area contributed by atoms with Crippen LogP contribution in [0.3, 0.4) is 0 Å². The maximum Gasteiger partial charge on any atom is 0.410 e. The summed E-state index contributed by atoms with van der Waals surface area (Å²) in [4.78, 5) is 16.5. The standard InChI is InChI=1S/C21H32N2O3/c1-21(2,3)22-12-9-17(10-13-22)11-14-23-18(16-26-20(23)24)15-25-19-7-5-4-6-8-19/h4-8,17-18H,9-16H2,1-3H3/t18-/m1/s1. The summed E-state index contributed by atoms with van der Waals surface area (Å²) in [6.07, 6.45) is 3.28. The number of carbonyl (C=O) groups is 1. The Bertz CT molecular complexity index is 577. The minimum absolute atomic E-state index is 0.0115. The molecule has 0 spiro atoms. The van der Waals surface area contributed by atoms with Crippen LogP contribution < -0.4 is 4.74 Å². The van der Waals surface area contributed by atoms with E-state index >= 15 is 0 Å². The molecule has 2 aliphatic rings. The maximum absolute atomic E-state index is 12.1. The number of amides is 1. The lowest BCUT2D eigenvalue weighted by atomic mass is 9.90. The summed E-state index contributed by atoms with van der Waals surface area (Å²) >= 11 is 0. The Morgan fingerprint density at radius 1 is 1.15 bits per heavy atom. The van der Waals surface area contributed by atoms with E-state index in [2.05, 4.69) is 25.7 Å². The Morgan fingerprint density at radius 2 is 1.85 bits per heavy atom. The van der Waals surface area contributed by atoms with E-state index in [0.717, 1.165) is 31.8 Å². The topological polar surface area (TPSA) is 42.0 Å². The van der Waals surface area contributed by atoms with E-state index in [1.165, 1.54) is 12.8 Å². The number of hydrogen-bond donors (Lipinski definition) is 0. The van der Waals surface area contributed by atoms with E-state index < -0.39 is 0 Å². The van der Waals surface area contributed by atoms with Crippen LogP contribution in [-0.2, 0) is 4.74 Å². The van der Waals surface area contributed by atoms with E-state index in [4.69, 9.17) is 9.47 Å². The van der Waals surface area contributed by atoms with Crippen molar-refractivity contribution < 1.29 is 14.3 Å². The molecule has 1 aromatic carbocycles. The number of piperidine rings is 1. The van der Waals surface area contributed by atoms with Gasteiger partial charge in [0, 0.05) is 12.1 Å². The molecule has 2 fully saturated rings. The molecule has 0 aliphatic carbocycles. The number of hydrogen-bond acceptors (Lipinski definition) is 4. The number of para-hydroxylation sites is 1. The van der Waals surface area contributed by atoms with Gasteiger partial charge in [0.15, 0.2) is 0 Å². The van der Waals surface area contributed by atoms with Crippen LogP contribution >= 0.6 is 0 Å². The molecule has 2 heterocycles. The maximum atomic E-state index is 12.1. The molecular weight excluding hydrogens is 328 g/mol. The van der Waals surface area contributed by atoms with Crippen LogP contribution in [-0.4, -0.2) is 60.3 Å². The van der Waals surface area contributed by atoms with Crippen molar-refractivity contribution in [1.82, 2.24) is 9.80 Å². The van der Waals surface area contributed by atoms with Crippen molar-refractivity contribution in [1.29, 1.82) is 0 Å². The first-order valence-corrected chi connectivity index (χ1v) is 9.80. The van der Waals surface area contributed by atoms with Crippen LogP contribution in [0.1, 0.15) is 40.0 Å². The van der Waals surface area contributed by atoms with E-state index in [1.807, 2.05) is 35.2 Å². The predicted octanol–water partition coefficient (Wildman–Crippen LogP) is 3.79. The fourth-order valence-corrected chi connectivity index (χ4v) is 3.82. The van der Waals surface area contributed by atoms with E-state index in [0.29, 0.717) is 19.1 Å². The summed E-state index contributed by atoms with van der Waals surface area (Å²) in [6.45, 7) is 10.8. The van der Waals surface area contributed by atoms with Gasteiger partial charge in [-0.1, -0.05) is 18.2 Å². The second kappa shape index (κ2) is 8.30. The van der Waals surface area contributed by atoms with Gasteiger partial charge in [0.05, 0.1) is 0 Å². The van der Waals surface area contributed by atoms with Crippen molar-refractivity contribution in [3.8, 4) is 5.75 Å². The lowest BCUT2D eigenvalue weighted by Crippen LogP contribution is -2.46. The number of nitrogens with zero attached hydrogens (tertiary/aromatic N) is 2. The third-order valence-electron chi connectivity index (χ3n) is 5.60.